The van der Waals surface area contributed by atoms with Gasteiger partial charge in [-0.15, -0.1) is 10.2 Å². The molecule has 1 aromatic carbocycles. The molecule has 3 rings (SSSR count). The van der Waals surface area contributed by atoms with E-state index in [4.69, 9.17) is 9.15 Å². The van der Waals surface area contributed by atoms with Gasteiger partial charge in [-0.3, -0.25) is 4.79 Å². The molecule has 1 aromatic heterocycles. The zero-order valence-electron chi connectivity index (χ0n) is 13.4. The Balaban J connectivity index is 1.57. The monoisotopic (exact) mass is 351 g/mol. The number of thioether (sulfide) groups is 1. The number of morpholine rings is 1. The summed E-state index contributed by atoms with van der Waals surface area (Å²) in [5.41, 5.74) is 0.637. The normalized spacial score (nSPS) is 21.0. The van der Waals surface area contributed by atoms with Gasteiger partial charge >= 0.3 is 0 Å². The average Bonchev–Trinajstić information content (AvgIpc) is 3.01. The summed E-state index contributed by atoms with van der Waals surface area (Å²) in [6.07, 6.45) is 0.0763. The van der Waals surface area contributed by atoms with Crippen molar-refractivity contribution in [2.24, 2.45) is 0 Å². The zero-order chi connectivity index (χ0) is 17.1. The molecule has 2 heterocycles. The molecule has 1 fully saturated rings. The van der Waals surface area contributed by atoms with E-state index in [0.29, 0.717) is 29.8 Å². The minimum absolute atomic E-state index is 0.0172. The molecule has 0 spiro atoms. The van der Waals surface area contributed by atoms with Gasteiger partial charge in [0.2, 0.25) is 11.8 Å². The number of carbonyl (C=O) groups is 1. The van der Waals surface area contributed by atoms with Crippen LogP contribution >= 0.6 is 11.8 Å². The van der Waals surface area contributed by atoms with Crippen molar-refractivity contribution in [3.8, 4) is 11.5 Å². The van der Waals surface area contributed by atoms with Crippen LogP contribution in [-0.2, 0) is 9.53 Å². The number of ether oxygens (including phenoxy) is 1. The second-order valence-corrected chi connectivity index (χ2v) is 6.65. The summed E-state index contributed by atoms with van der Waals surface area (Å²) in [5.74, 6) is 0.222. The molecule has 2 atom stereocenters. The van der Waals surface area contributed by atoms with Gasteiger partial charge in [-0.05, 0) is 38.1 Å². The van der Waals surface area contributed by atoms with Gasteiger partial charge in [-0.2, -0.15) is 0 Å². The van der Waals surface area contributed by atoms with Crippen LogP contribution in [0, 0.1) is 5.82 Å². The molecule has 1 amide bonds. The van der Waals surface area contributed by atoms with Gasteiger partial charge in [0.15, 0.2) is 0 Å². The predicted octanol–water partition coefficient (Wildman–Crippen LogP) is 2.60. The second kappa shape index (κ2) is 7.31. The quantitative estimate of drug-likeness (QED) is 0.789. The van der Waals surface area contributed by atoms with Crippen LogP contribution in [-0.4, -0.2) is 52.1 Å². The van der Waals surface area contributed by atoms with E-state index in [1.165, 1.54) is 23.9 Å². The van der Waals surface area contributed by atoms with E-state index >= 15 is 0 Å². The maximum absolute atomic E-state index is 12.9. The van der Waals surface area contributed by atoms with Crippen LogP contribution in [0.2, 0.25) is 0 Å². The number of nitrogens with zero attached hydrogens (tertiary/aromatic N) is 3. The molecule has 6 nitrogen and oxygen atoms in total. The van der Waals surface area contributed by atoms with Gasteiger partial charge in [-0.25, -0.2) is 4.39 Å². The number of aromatic nitrogens is 2. The molecule has 0 aliphatic carbocycles. The van der Waals surface area contributed by atoms with Gasteiger partial charge in [0.25, 0.3) is 5.22 Å². The van der Waals surface area contributed by atoms with Gasteiger partial charge in [0, 0.05) is 18.7 Å². The van der Waals surface area contributed by atoms with E-state index in [1.54, 1.807) is 17.0 Å². The standard InChI is InChI=1S/C16H18FN3O3S/c1-10-7-20(8-11(2)22-10)14(21)9-24-16-19-18-15(23-16)12-3-5-13(17)6-4-12/h3-6,10-11H,7-9H2,1-2H3. The van der Waals surface area contributed by atoms with E-state index < -0.39 is 0 Å². The lowest BCUT2D eigenvalue weighted by molar-refractivity contribution is -0.140. The molecular formula is C16H18FN3O3S. The van der Waals surface area contributed by atoms with E-state index in [2.05, 4.69) is 10.2 Å². The molecule has 1 aliphatic rings. The minimum Gasteiger partial charge on any atom is -0.411 e. The zero-order valence-corrected chi connectivity index (χ0v) is 14.3. The van der Waals surface area contributed by atoms with Crippen molar-refractivity contribution in [1.82, 2.24) is 15.1 Å². The Kier molecular flexibility index (Phi) is 5.15. The van der Waals surface area contributed by atoms with Crippen molar-refractivity contribution in [2.45, 2.75) is 31.3 Å². The van der Waals surface area contributed by atoms with Crippen LogP contribution in [0.15, 0.2) is 33.9 Å². The van der Waals surface area contributed by atoms with Crippen molar-refractivity contribution in [2.75, 3.05) is 18.8 Å². The molecule has 0 radical (unpaired) electrons. The highest BCUT2D eigenvalue weighted by Crippen LogP contribution is 2.24. The number of hydrogen-bond acceptors (Lipinski definition) is 6. The molecule has 0 N–H and O–H groups in total. The van der Waals surface area contributed by atoms with Crippen LogP contribution in [0.1, 0.15) is 13.8 Å². The Bertz CT molecular complexity index is 697. The second-order valence-electron chi connectivity index (χ2n) is 5.72. The van der Waals surface area contributed by atoms with Crippen molar-refractivity contribution >= 4 is 17.7 Å². The molecule has 0 bridgehead atoms. The van der Waals surface area contributed by atoms with Crippen LogP contribution in [0.4, 0.5) is 4.39 Å². The summed E-state index contributed by atoms with van der Waals surface area (Å²) in [7, 11) is 0. The third-order valence-corrected chi connectivity index (χ3v) is 4.39. The lowest BCUT2D eigenvalue weighted by Crippen LogP contribution is -2.48. The van der Waals surface area contributed by atoms with Crippen molar-refractivity contribution in [1.29, 1.82) is 0 Å². The number of rotatable bonds is 4. The fourth-order valence-electron chi connectivity index (χ4n) is 2.57. The maximum atomic E-state index is 12.9. The predicted molar refractivity (Wildman–Crippen MR) is 87.0 cm³/mol. The van der Waals surface area contributed by atoms with Gasteiger partial charge in [0.05, 0.1) is 18.0 Å². The van der Waals surface area contributed by atoms with Crippen molar-refractivity contribution in [3.63, 3.8) is 0 Å². The molecule has 1 saturated heterocycles. The summed E-state index contributed by atoms with van der Waals surface area (Å²) >= 11 is 1.20. The summed E-state index contributed by atoms with van der Waals surface area (Å²) < 4.78 is 24.1. The number of benzene rings is 1. The fourth-order valence-corrected chi connectivity index (χ4v) is 3.24. The molecule has 24 heavy (non-hydrogen) atoms. The van der Waals surface area contributed by atoms with Crippen molar-refractivity contribution < 1.29 is 18.3 Å². The Morgan fingerprint density at radius 2 is 1.92 bits per heavy atom. The first-order valence-corrected chi connectivity index (χ1v) is 8.65. The van der Waals surface area contributed by atoms with Crippen LogP contribution in [0.25, 0.3) is 11.5 Å². The van der Waals surface area contributed by atoms with Crippen LogP contribution < -0.4 is 0 Å². The van der Waals surface area contributed by atoms with E-state index in [9.17, 15) is 9.18 Å². The first-order valence-electron chi connectivity index (χ1n) is 7.66. The molecule has 2 aromatic rings. The molecular weight excluding hydrogens is 333 g/mol. The average molecular weight is 351 g/mol. The molecule has 2 unspecified atom stereocenters. The van der Waals surface area contributed by atoms with Gasteiger partial charge in [0.1, 0.15) is 5.82 Å². The Hall–Kier alpha value is -1.93. The van der Waals surface area contributed by atoms with Crippen molar-refractivity contribution in [3.05, 3.63) is 30.1 Å². The summed E-state index contributed by atoms with van der Waals surface area (Å²) in [5, 5.41) is 8.16. The number of hydrogen-bond donors (Lipinski definition) is 0. The minimum atomic E-state index is -0.326. The first kappa shape index (κ1) is 16.9. The van der Waals surface area contributed by atoms with Crippen LogP contribution in [0.5, 0.6) is 0 Å². The fraction of sp³-hybridized carbons (Fsp3) is 0.438. The Morgan fingerprint density at radius 3 is 2.58 bits per heavy atom. The third kappa shape index (κ3) is 4.12. The highest BCUT2D eigenvalue weighted by atomic mass is 32.2. The largest absolute Gasteiger partial charge is 0.411 e. The summed E-state index contributed by atoms with van der Waals surface area (Å²) in [6.45, 7) is 5.09. The van der Waals surface area contributed by atoms with Gasteiger partial charge < -0.3 is 14.1 Å². The number of amides is 1. The van der Waals surface area contributed by atoms with E-state index in [-0.39, 0.29) is 29.7 Å². The van der Waals surface area contributed by atoms with Crippen LogP contribution in [0.3, 0.4) is 0 Å². The number of carbonyl (C=O) groups excluding carboxylic acids is 1. The highest BCUT2D eigenvalue weighted by molar-refractivity contribution is 7.99. The lowest BCUT2D eigenvalue weighted by atomic mass is 10.2. The summed E-state index contributed by atoms with van der Waals surface area (Å²) in [4.78, 5) is 14.1. The Labute approximate surface area is 143 Å². The third-order valence-electron chi connectivity index (χ3n) is 3.59. The highest BCUT2D eigenvalue weighted by Gasteiger charge is 2.26. The first-order chi connectivity index (χ1) is 11.5. The topological polar surface area (TPSA) is 68.5 Å². The van der Waals surface area contributed by atoms with E-state index in [1.807, 2.05) is 13.8 Å². The molecule has 128 valence electrons. The SMILES string of the molecule is CC1CN(C(=O)CSc2nnc(-c3ccc(F)cc3)o2)CC(C)O1. The molecule has 0 saturated carbocycles. The van der Waals surface area contributed by atoms with Gasteiger partial charge in [-0.1, -0.05) is 11.8 Å². The lowest BCUT2D eigenvalue weighted by Gasteiger charge is -2.35. The summed E-state index contributed by atoms with van der Waals surface area (Å²) in [6, 6.07) is 5.80. The maximum Gasteiger partial charge on any atom is 0.277 e. The molecule has 8 heteroatoms. The molecule has 1 aliphatic heterocycles. The number of halogens is 1. The van der Waals surface area contributed by atoms with E-state index in [0.717, 1.165) is 0 Å². The smallest absolute Gasteiger partial charge is 0.277 e. The Morgan fingerprint density at radius 1 is 1.25 bits per heavy atom.